The normalized spacial score (nSPS) is 10.8. The molecule has 0 bridgehead atoms. The minimum atomic E-state index is 0.558. The summed E-state index contributed by atoms with van der Waals surface area (Å²) in [5, 5.41) is 3.13. The van der Waals surface area contributed by atoms with Crippen molar-refractivity contribution in [3.05, 3.63) is 62.1 Å². The predicted octanol–water partition coefficient (Wildman–Crippen LogP) is 3.38. The third-order valence-corrected chi connectivity index (χ3v) is 2.76. The van der Waals surface area contributed by atoms with Crippen LogP contribution in [0.5, 0.6) is 0 Å². The molecule has 0 aliphatic carbocycles. The van der Waals surface area contributed by atoms with Gasteiger partial charge in [-0.05, 0) is 18.6 Å². The van der Waals surface area contributed by atoms with Crippen LogP contribution in [0, 0.1) is 0 Å². The Labute approximate surface area is 131 Å². The largest absolute Gasteiger partial charge is 0.380 e. The third kappa shape index (κ3) is 5.31. The van der Waals surface area contributed by atoms with Crippen molar-refractivity contribution >= 4 is 28.7 Å². The average molecular weight is 300 g/mol. The number of hydrogen-bond acceptors (Lipinski definition) is 4. The summed E-state index contributed by atoms with van der Waals surface area (Å²) in [6, 6.07) is 0. The number of allylic oxidation sites excluding steroid dienone is 1. The molecule has 0 atom stereocenters. The molecule has 0 unspecified atom stereocenters. The van der Waals surface area contributed by atoms with E-state index in [4.69, 9.17) is 12.2 Å². The molecule has 1 aromatic heterocycles. The van der Waals surface area contributed by atoms with Crippen molar-refractivity contribution in [2.75, 3.05) is 6.54 Å². The maximum absolute atomic E-state index is 5.11. The molecule has 0 spiro atoms. The van der Waals surface area contributed by atoms with Crippen molar-refractivity contribution < 1.29 is 0 Å². The number of rotatable bonds is 9. The average Bonchev–Trinajstić information content (AvgIpc) is 2.87. The van der Waals surface area contributed by atoms with E-state index < -0.39 is 0 Å². The zero-order valence-corrected chi connectivity index (χ0v) is 13.1. The number of nitrogens with one attached hydrogen (secondary N) is 1. The molecule has 0 saturated carbocycles. The molecule has 0 aliphatic rings. The Hall–Kier alpha value is -2.27. The Morgan fingerprint density at radius 3 is 2.71 bits per heavy atom. The van der Waals surface area contributed by atoms with Crippen molar-refractivity contribution in [3.8, 4) is 0 Å². The van der Waals surface area contributed by atoms with Crippen LogP contribution in [-0.4, -0.2) is 26.7 Å². The second-order valence-corrected chi connectivity index (χ2v) is 5.15. The van der Waals surface area contributed by atoms with Crippen molar-refractivity contribution in [3.63, 3.8) is 0 Å². The zero-order valence-electron chi connectivity index (χ0n) is 12.3. The van der Waals surface area contributed by atoms with E-state index >= 15 is 0 Å². The summed E-state index contributed by atoms with van der Waals surface area (Å²) >= 11 is 5.11. The van der Waals surface area contributed by atoms with Gasteiger partial charge in [-0.1, -0.05) is 44.6 Å². The van der Waals surface area contributed by atoms with E-state index in [2.05, 4.69) is 41.6 Å². The molecule has 110 valence electrons. The summed E-state index contributed by atoms with van der Waals surface area (Å²) in [5.41, 5.74) is 2.15. The Morgan fingerprint density at radius 1 is 1.43 bits per heavy atom. The monoisotopic (exact) mass is 300 g/mol. The topological polar surface area (TPSA) is 42.2 Å². The van der Waals surface area contributed by atoms with E-state index in [9.17, 15) is 0 Å². The van der Waals surface area contributed by atoms with Crippen LogP contribution >= 0.6 is 12.2 Å². The molecule has 0 aliphatic heterocycles. The van der Waals surface area contributed by atoms with Crippen LogP contribution in [0.15, 0.2) is 67.1 Å². The summed E-state index contributed by atoms with van der Waals surface area (Å²) in [6.45, 7) is 18.3. The standard InChI is InChI=1S/C16H20N4S/c1-6-12(3)10-18-14(5)15(7-2)19-16-17-8-9-20(16)11-13(4)21/h6-9,18H,1-3,5,10-11H2,4H3/b19-15+. The molecule has 5 heteroatoms. The Balaban J connectivity index is 2.88. The second kappa shape index (κ2) is 8.11. The van der Waals surface area contributed by atoms with Gasteiger partial charge >= 0.3 is 0 Å². The van der Waals surface area contributed by atoms with Crippen LogP contribution in [0.25, 0.3) is 0 Å². The highest BCUT2D eigenvalue weighted by Gasteiger charge is 2.06. The molecule has 1 heterocycles. The highest BCUT2D eigenvalue weighted by Crippen LogP contribution is 2.11. The number of thiocarbonyl (C=S) groups is 1. The molecule has 0 saturated heterocycles. The van der Waals surface area contributed by atoms with E-state index in [1.165, 1.54) is 0 Å². The van der Waals surface area contributed by atoms with E-state index in [1.807, 2.05) is 17.7 Å². The first-order chi connectivity index (χ1) is 9.97. The maximum Gasteiger partial charge on any atom is 0.230 e. The molecular formula is C16H20N4S. The lowest BCUT2D eigenvalue weighted by atomic mass is 10.2. The lowest BCUT2D eigenvalue weighted by Gasteiger charge is -2.10. The lowest BCUT2D eigenvalue weighted by molar-refractivity contribution is 0.855. The quantitative estimate of drug-likeness (QED) is 0.432. The van der Waals surface area contributed by atoms with Crippen LogP contribution in [0.1, 0.15) is 6.92 Å². The van der Waals surface area contributed by atoms with Crippen molar-refractivity contribution in [2.24, 2.45) is 4.99 Å². The molecule has 0 fully saturated rings. The SMILES string of the molecule is C=CC(=C)CNC(=C)/C(C=C)=N/c1nccn1CC(C)=S. The first-order valence-corrected chi connectivity index (χ1v) is 6.83. The van der Waals surface area contributed by atoms with Gasteiger partial charge in [0, 0.05) is 23.8 Å². The van der Waals surface area contributed by atoms with Gasteiger partial charge in [-0.3, -0.25) is 0 Å². The van der Waals surface area contributed by atoms with Crippen LogP contribution in [-0.2, 0) is 6.54 Å². The van der Waals surface area contributed by atoms with Gasteiger partial charge in [0.1, 0.15) is 0 Å². The molecule has 21 heavy (non-hydrogen) atoms. The van der Waals surface area contributed by atoms with Crippen LogP contribution in [0.4, 0.5) is 5.95 Å². The molecule has 0 radical (unpaired) electrons. The third-order valence-electron chi connectivity index (χ3n) is 2.63. The number of hydrogen-bond donors (Lipinski definition) is 1. The van der Waals surface area contributed by atoms with Gasteiger partial charge in [-0.2, -0.15) is 0 Å². The number of imidazole rings is 1. The van der Waals surface area contributed by atoms with Crippen molar-refractivity contribution in [1.82, 2.24) is 14.9 Å². The van der Waals surface area contributed by atoms with Crippen LogP contribution < -0.4 is 5.32 Å². The number of aromatic nitrogens is 2. The smallest absolute Gasteiger partial charge is 0.230 e. The Morgan fingerprint density at radius 2 is 2.14 bits per heavy atom. The predicted molar refractivity (Wildman–Crippen MR) is 94.3 cm³/mol. The van der Waals surface area contributed by atoms with Crippen molar-refractivity contribution in [2.45, 2.75) is 13.5 Å². The highest BCUT2D eigenvalue weighted by atomic mass is 32.1. The molecular weight excluding hydrogens is 280 g/mol. The first-order valence-electron chi connectivity index (χ1n) is 6.43. The second-order valence-electron chi connectivity index (χ2n) is 4.45. The van der Waals surface area contributed by atoms with Gasteiger partial charge in [0.25, 0.3) is 0 Å². The first kappa shape index (κ1) is 16.8. The fourth-order valence-electron chi connectivity index (χ4n) is 1.50. The number of aliphatic imine (C=N–C) groups is 1. The van der Waals surface area contributed by atoms with Crippen LogP contribution in [0.3, 0.4) is 0 Å². The summed E-state index contributed by atoms with van der Waals surface area (Å²) in [4.78, 5) is 9.55. The van der Waals surface area contributed by atoms with Gasteiger partial charge in [-0.25, -0.2) is 9.98 Å². The van der Waals surface area contributed by atoms with E-state index in [0.29, 0.717) is 30.4 Å². The summed E-state index contributed by atoms with van der Waals surface area (Å²) in [6.07, 6.45) is 6.86. The van der Waals surface area contributed by atoms with E-state index in [-0.39, 0.29) is 0 Å². The van der Waals surface area contributed by atoms with Gasteiger partial charge in [0.2, 0.25) is 5.95 Å². The Kier molecular flexibility index (Phi) is 6.49. The van der Waals surface area contributed by atoms with Crippen molar-refractivity contribution in [1.29, 1.82) is 0 Å². The van der Waals surface area contributed by atoms with Gasteiger partial charge < -0.3 is 9.88 Å². The fourth-order valence-corrected chi connectivity index (χ4v) is 1.64. The molecule has 1 N–H and O–H groups in total. The fraction of sp³-hybridized carbons (Fsp3) is 0.188. The Bertz CT molecular complexity index is 608. The molecule has 1 aromatic rings. The number of nitrogens with zero attached hydrogens (tertiary/aromatic N) is 3. The van der Waals surface area contributed by atoms with E-state index in [1.54, 1.807) is 18.3 Å². The minimum absolute atomic E-state index is 0.558. The van der Waals surface area contributed by atoms with E-state index in [0.717, 1.165) is 10.4 Å². The molecule has 1 rings (SSSR count). The van der Waals surface area contributed by atoms with Gasteiger partial charge in [0.05, 0.1) is 18.0 Å². The molecule has 0 aromatic carbocycles. The minimum Gasteiger partial charge on any atom is -0.380 e. The van der Waals surface area contributed by atoms with Gasteiger partial charge in [0.15, 0.2) is 0 Å². The lowest BCUT2D eigenvalue weighted by Crippen LogP contribution is -2.20. The highest BCUT2D eigenvalue weighted by molar-refractivity contribution is 7.80. The zero-order chi connectivity index (χ0) is 15.8. The van der Waals surface area contributed by atoms with Gasteiger partial charge in [-0.15, -0.1) is 0 Å². The van der Waals surface area contributed by atoms with Crippen LogP contribution in [0.2, 0.25) is 0 Å². The maximum atomic E-state index is 5.11. The summed E-state index contributed by atoms with van der Waals surface area (Å²) in [7, 11) is 0. The summed E-state index contributed by atoms with van der Waals surface area (Å²) in [5.74, 6) is 0.569. The molecule has 0 amide bonds. The molecule has 4 nitrogen and oxygen atoms in total. The summed E-state index contributed by atoms with van der Waals surface area (Å²) < 4.78 is 1.88.